The minimum Gasteiger partial charge on any atom is -0.381 e. The van der Waals surface area contributed by atoms with Gasteiger partial charge in [0.15, 0.2) is 5.96 Å². The molecule has 1 heterocycles. The fourth-order valence-corrected chi connectivity index (χ4v) is 3.93. The lowest BCUT2D eigenvalue weighted by molar-refractivity contribution is 0.181. The fraction of sp³-hybridized carbons (Fsp3) is 0.632. The molecule has 140 valence electrons. The first-order chi connectivity index (χ1) is 11.6. The van der Waals surface area contributed by atoms with E-state index in [9.17, 15) is 0 Å². The molecule has 0 bridgehead atoms. The monoisotopic (exact) mass is 477 g/mol. The molecule has 2 aliphatic rings. The molecule has 25 heavy (non-hydrogen) atoms. The summed E-state index contributed by atoms with van der Waals surface area (Å²) >= 11 is 6.04. The van der Waals surface area contributed by atoms with Gasteiger partial charge in [0.2, 0.25) is 0 Å². The van der Waals surface area contributed by atoms with E-state index in [4.69, 9.17) is 16.3 Å². The summed E-state index contributed by atoms with van der Waals surface area (Å²) in [6.07, 6.45) is 4.88. The predicted molar refractivity (Wildman–Crippen MR) is 115 cm³/mol. The number of halogens is 2. The number of hydrogen-bond donors (Lipinski definition) is 1. The first-order valence-corrected chi connectivity index (χ1v) is 9.26. The van der Waals surface area contributed by atoms with Gasteiger partial charge in [-0.05, 0) is 37.0 Å². The predicted octanol–water partition coefficient (Wildman–Crippen LogP) is 3.92. The zero-order valence-electron chi connectivity index (χ0n) is 15.1. The topological polar surface area (TPSA) is 36.9 Å². The number of aliphatic imine (C=N–C) groups is 1. The maximum Gasteiger partial charge on any atom is 0.193 e. The normalized spacial score (nSPS) is 22.0. The largest absolute Gasteiger partial charge is 0.381 e. The summed E-state index contributed by atoms with van der Waals surface area (Å²) in [6, 6.07) is 8.34. The number of rotatable bonds is 5. The number of benzene rings is 1. The second-order valence-electron chi connectivity index (χ2n) is 7.15. The van der Waals surface area contributed by atoms with Gasteiger partial charge in [-0.3, -0.25) is 4.99 Å². The maximum absolute atomic E-state index is 6.04. The molecule has 1 N–H and O–H groups in total. The molecule has 3 rings (SSSR count). The van der Waals surface area contributed by atoms with E-state index in [-0.39, 0.29) is 29.4 Å². The van der Waals surface area contributed by atoms with Crippen LogP contribution in [-0.4, -0.2) is 51.3 Å². The van der Waals surface area contributed by atoms with Crippen LogP contribution in [0.1, 0.15) is 31.2 Å². The van der Waals surface area contributed by atoms with Crippen LogP contribution in [0.25, 0.3) is 0 Å². The molecule has 1 aliphatic carbocycles. The van der Waals surface area contributed by atoms with Gasteiger partial charge < -0.3 is 15.0 Å². The number of nitrogens with one attached hydrogen (secondary N) is 1. The first-order valence-electron chi connectivity index (χ1n) is 8.88. The Labute approximate surface area is 173 Å². The SMILES string of the molecule is CN=C(NCC1(c2ccc(Cl)cc2)CCC1)N(C)CC1CCOC1.I. The highest BCUT2D eigenvalue weighted by Gasteiger charge is 2.38. The summed E-state index contributed by atoms with van der Waals surface area (Å²) in [4.78, 5) is 6.70. The van der Waals surface area contributed by atoms with Gasteiger partial charge in [0.25, 0.3) is 0 Å². The van der Waals surface area contributed by atoms with E-state index in [1.54, 1.807) is 0 Å². The molecular weight excluding hydrogens is 449 g/mol. The Kier molecular flexibility index (Phi) is 7.83. The molecule has 1 atom stereocenters. The van der Waals surface area contributed by atoms with Gasteiger partial charge >= 0.3 is 0 Å². The van der Waals surface area contributed by atoms with Gasteiger partial charge in [0.1, 0.15) is 0 Å². The second kappa shape index (κ2) is 9.42. The van der Waals surface area contributed by atoms with Crippen molar-refractivity contribution < 1.29 is 4.74 Å². The van der Waals surface area contributed by atoms with Crippen LogP contribution in [0.2, 0.25) is 5.02 Å². The van der Waals surface area contributed by atoms with Crippen LogP contribution in [0.5, 0.6) is 0 Å². The Balaban J connectivity index is 0.00000225. The minimum absolute atomic E-state index is 0. The lowest BCUT2D eigenvalue weighted by Crippen LogP contribution is -2.50. The van der Waals surface area contributed by atoms with Crippen LogP contribution in [0, 0.1) is 5.92 Å². The van der Waals surface area contributed by atoms with Gasteiger partial charge in [-0.25, -0.2) is 0 Å². The Morgan fingerprint density at radius 2 is 2.08 bits per heavy atom. The molecule has 1 saturated heterocycles. The van der Waals surface area contributed by atoms with Crippen LogP contribution in [-0.2, 0) is 10.2 Å². The number of ether oxygens (including phenoxy) is 1. The van der Waals surface area contributed by atoms with Crippen LogP contribution in [0.3, 0.4) is 0 Å². The van der Waals surface area contributed by atoms with Crippen molar-refractivity contribution in [1.82, 2.24) is 10.2 Å². The summed E-state index contributed by atoms with van der Waals surface area (Å²) in [7, 11) is 3.98. The molecule has 0 aromatic heterocycles. The molecule has 2 fully saturated rings. The van der Waals surface area contributed by atoms with Gasteiger partial charge in [0.05, 0.1) is 6.61 Å². The van der Waals surface area contributed by atoms with Crippen molar-refractivity contribution in [1.29, 1.82) is 0 Å². The highest BCUT2D eigenvalue weighted by molar-refractivity contribution is 14.0. The summed E-state index contributed by atoms with van der Waals surface area (Å²) in [6.45, 7) is 3.68. The van der Waals surface area contributed by atoms with Crippen molar-refractivity contribution in [2.75, 3.05) is 40.4 Å². The van der Waals surface area contributed by atoms with E-state index in [2.05, 4.69) is 34.4 Å². The molecule has 1 aromatic rings. The Morgan fingerprint density at radius 3 is 2.60 bits per heavy atom. The molecule has 0 amide bonds. The van der Waals surface area contributed by atoms with Crippen molar-refractivity contribution >= 4 is 41.5 Å². The quantitative estimate of drug-likeness (QED) is 0.397. The van der Waals surface area contributed by atoms with E-state index < -0.39 is 0 Å². The summed E-state index contributed by atoms with van der Waals surface area (Å²) in [5.41, 5.74) is 1.60. The number of guanidine groups is 1. The van der Waals surface area contributed by atoms with Crippen molar-refractivity contribution in [3.8, 4) is 0 Å². The van der Waals surface area contributed by atoms with E-state index in [1.165, 1.54) is 24.8 Å². The van der Waals surface area contributed by atoms with Gasteiger partial charge in [-0.1, -0.05) is 30.2 Å². The summed E-state index contributed by atoms with van der Waals surface area (Å²) in [5.74, 6) is 1.59. The van der Waals surface area contributed by atoms with Gasteiger partial charge in [-0.2, -0.15) is 0 Å². The molecule has 1 aromatic carbocycles. The Bertz CT molecular complexity index is 569. The lowest BCUT2D eigenvalue weighted by atomic mass is 9.64. The third-order valence-electron chi connectivity index (χ3n) is 5.48. The molecule has 4 nitrogen and oxygen atoms in total. The van der Waals surface area contributed by atoms with Crippen LogP contribution in [0.15, 0.2) is 29.3 Å². The molecule has 1 saturated carbocycles. The average Bonchev–Trinajstić information content (AvgIpc) is 3.04. The van der Waals surface area contributed by atoms with E-state index >= 15 is 0 Å². The Morgan fingerprint density at radius 1 is 1.36 bits per heavy atom. The van der Waals surface area contributed by atoms with Crippen molar-refractivity contribution in [2.24, 2.45) is 10.9 Å². The number of nitrogens with zero attached hydrogens (tertiary/aromatic N) is 2. The second-order valence-corrected chi connectivity index (χ2v) is 7.59. The molecule has 0 radical (unpaired) electrons. The zero-order chi connectivity index (χ0) is 17.0. The smallest absolute Gasteiger partial charge is 0.193 e. The molecule has 1 unspecified atom stereocenters. The van der Waals surface area contributed by atoms with Gasteiger partial charge in [0, 0.05) is 50.1 Å². The van der Waals surface area contributed by atoms with Crippen LogP contribution in [0.4, 0.5) is 0 Å². The van der Waals surface area contributed by atoms with Crippen LogP contribution >= 0.6 is 35.6 Å². The average molecular weight is 478 g/mol. The highest BCUT2D eigenvalue weighted by Crippen LogP contribution is 2.43. The number of hydrogen-bond acceptors (Lipinski definition) is 2. The Hall–Kier alpha value is -0.530. The molecular formula is C19H29ClIN3O. The van der Waals surface area contributed by atoms with E-state index in [0.717, 1.165) is 43.7 Å². The molecule has 6 heteroatoms. The minimum atomic E-state index is 0. The molecule has 1 aliphatic heterocycles. The highest BCUT2D eigenvalue weighted by atomic mass is 127. The van der Waals surface area contributed by atoms with E-state index in [0.29, 0.717) is 5.92 Å². The molecule has 0 spiro atoms. The summed E-state index contributed by atoms with van der Waals surface area (Å²) in [5, 5.41) is 4.40. The lowest BCUT2D eigenvalue weighted by Gasteiger charge is -2.43. The maximum atomic E-state index is 6.04. The van der Waals surface area contributed by atoms with Crippen LogP contribution < -0.4 is 5.32 Å². The van der Waals surface area contributed by atoms with Crippen molar-refractivity contribution in [2.45, 2.75) is 31.1 Å². The van der Waals surface area contributed by atoms with Gasteiger partial charge in [-0.15, -0.1) is 24.0 Å². The first kappa shape index (κ1) is 20.8. The fourth-order valence-electron chi connectivity index (χ4n) is 3.81. The van der Waals surface area contributed by atoms with Crippen molar-refractivity contribution in [3.63, 3.8) is 0 Å². The standard InChI is InChI=1S/C19H28ClN3O.HI/c1-21-18(23(2)12-15-8-11-24-13-15)22-14-19(9-3-10-19)16-4-6-17(20)7-5-16;/h4-7,15H,3,8-14H2,1-2H3,(H,21,22);1H. The third-order valence-corrected chi connectivity index (χ3v) is 5.73. The van der Waals surface area contributed by atoms with E-state index in [1.807, 2.05) is 19.2 Å². The zero-order valence-corrected chi connectivity index (χ0v) is 18.2. The summed E-state index contributed by atoms with van der Waals surface area (Å²) < 4.78 is 5.48. The third kappa shape index (κ3) is 5.01. The van der Waals surface area contributed by atoms with Crippen molar-refractivity contribution in [3.05, 3.63) is 34.9 Å².